The Morgan fingerprint density at radius 2 is 1.78 bits per heavy atom. The van der Waals surface area contributed by atoms with Crippen molar-refractivity contribution in [2.45, 2.75) is 26.3 Å². The molecule has 0 aliphatic heterocycles. The van der Waals surface area contributed by atoms with Crippen molar-refractivity contribution in [1.29, 1.82) is 0 Å². The standard InChI is InChI=1S/C16H18FN/c1-11-5-3-4-6-13(11)10-16(18)15-8-7-14(17)9-12(15)2/h3-9,16H,10,18H2,1-2H3. The van der Waals surface area contributed by atoms with E-state index in [-0.39, 0.29) is 11.9 Å². The maximum atomic E-state index is 13.1. The summed E-state index contributed by atoms with van der Waals surface area (Å²) in [5.41, 5.74) is 10.6. The number of halogens is 1. The van der Waals surface area contributed by atoms with Gasteiger partial charge in [0.05, 0.1) is 0 Å². The lowest BCUT2D eigenvalue weighted by atomic mass is 9.94. The molecule has 2 rings (SSSR count). The van der Waals surface area contributed by atoms with Gasteiger partial charge in [-0.3, -0.25) is 0 Å². The van der Waals surface area contributed by atoms with Gasteiger partial charge in [0.2, 0.25) is 0 Å². The summed E-state index contributed by atoms with van der Waals surface area (Å²) in [7, 11) is 0. The number of hydrogen-bond donors (Lipinski definition) is 1. The van der Waals surface area contributed by atoms with Crippen LogP contribution < -0.4 is 5.73 Å². The number of hydrogen-bond acceptors (Lipinski definition) is 1. The van der Waals surface area contributed by atoms with Crippen LogP contribution in [0.25, 0.3) is 0 Å². The first-order chi connectivity index (χ1) is 8.58. The third-order valence-corrected chi connectivity index (χ3v) is 3.33. The van der Waals surface area contributed by atoms with Crippen LogP contribution in [0, 0.1) is 19.7 Å². The van der Waals surface area contributed by atoms with E-state index in [2.05, 4.69) is 19.1 Å². The molecule has 2 aromatic rings. The molecule has 0 fully saturated rings. The number of nitrogens with two attached hydrogens (primary N) is 1. The van der Waals surface area contributed by atoms with E-state index >= 15 is 0 Å². The second-order valence-corrected chi connectivity index (χ2v) is 4.74. The van der Waals surface area contributed by atoms with Crippen LogP contribution in [0.5, 0.6) is 0 Å². The predicted octanol–water partition coefficient (Wildman–Crippen LogP) is 3.69. The molecule has 1 atom stereocenters. The SMILES string of the molecule is Cc1ccccc1CC(N)c1ccc(F)cc1C. The third-order valence-electron chi connectivity index (χ3n) is 3.33. The van der Waals surface area contributed by atoms with Crippen LogP contribution in [0.4, 0.5) is 4.39 Å². The summed E-state index contributed by atoms with van der Waals surface area (Å²) in [4.78, 5) is 0. The van der Waals surface area contributed by atoms with Gasteiger partial charge in [-0.2, -0.15) is 0 Å². The molecule has 0 heterocycles. The fourth-order valence-electron chi connectivity index (χ4n) is 2.24. The Kier molecular flexibility index (Phi) is 3.78. The van der Waals surface area contributed by atoms with Crippen molar-refractivity contribution in [3.05, 3.63) is 70.5 Å². The van der Waals surface area contributed by atoms with E-state index in [9.17, 15) is 4.39 Å². The molecule has 0 aliphatic rings. The topological polar surface area (TPSA) is 26.0 Å². The van der Waals surface area contributed by atoms with Crippen LogP contribution in [0.2, 0.25) is 0 Å². The maximum absolute atomic E-state index is 13.1. The summed E-state index contributed by atoms with van der Waals surface area (Å²) in [6, 6.07) is 12.9. The zero-order valence-electron chi connectivity index (χ0n) is 10.8. The summed E-state index contributed by atoms with van der Waals surface area (Å²) in [6.45, 7) is 3.98. The fourth-order valence-corrected chi connectivity index (χ4v) is 2.24. The molecule has 1 nitrogen and oxygen atoms in total. The van der Waals surface area contributed by atoms with Gasteiger partial charge in [-0.05, 0) is 54.7 Å². The van der Waals surface area contributed by atoms with Gasteiger partial charge in [0.25, 0.3) is 0 Å². The molecule has 2 N–H and O–H groups in total. The number of rotatable bonds is 3. The molecule has 0 aliphatic carbocycles. The van der Waals surface area contributed by atoms with Crippen molar-refractivity contribution in [3.8, 4) is 0 Å². The van der Waals surface area contributed by atoms with E-state index in [1.165, 1.54) is 23.3 Å². The van der Waals surface area contributed by atoms with Gasteiger partial charge >= 0.3 is 0 Å². The van der Waals surface area contributed by atoms with Crippen LogP contribution in [0.1, 0.15) is 28.3 Å². The van der Waals surface area contributed by atoms with Crippen molar-refractivity contribution in [1.82, 2.24) is 0 Å². The van der Waals surface area contributed by atoms with Crippen molar-refractivity contribution < 1.29 is 4.39 Å². The summed E-state index contributed by atoms with van der Waals surface area (Å²) in [5.74, 6) is -0.209. The molecule has 1 unspecified atom stereocenters. The van der Waals surface area contributed by atoms with E-state index in [1.54, 1.807) is 6.07 Å². The molecule has 2 aromatic carbocycles. The normalized spacial score (nSPS) is 12.4. The van der Waals surface area contributed by atoms with Crippen molar-refractivity contribution in [2.75, 3.05) is 0 Å². The molecular weight excluding hydrogens is 225 g/mol. The molecule has 94 valence electrons. The highest BCUT2D eigenvalue weighted by atomic mass is 19.1. The van der Waals surface area contributed by atoms with Crippen LogP contribution >= 0.6 is 0 Å². The van der Waals surface area contributed by atoms with E-state index in [0.29, 0.717) is 0 Å². The van der Waals surface area contributed by atoms with Crippen molar-refractivity contribution in [2.24, 2.45) is 5.73 Å². The minimum Gasteiger partial charge on any atom is -0.324 e. The zero-order valence-corrected chi connectivity index (χ0v) is 10.8. The Morgan fingerprint density at radius 1 is 1.06 bits per heavy atom. The predicted molar refractivity (Wildman–Crippen MR) is 72.9 cm³/mol. The number of benzene rings is 2. The lowest BCUT2D eigenvalue weighted by molar-refractivity contribution is 0.622. The summed E-state index contributed by atoms with van der Waals surface area (Å²) >= 11 is 0. The highest BCUT2D eigenvalue weighted by Gasteiger charge is 2.11. The number of aryl methyl sites for hydroxylation is 2. The summed E-state index contributed by atoms with van der Waals surface area (Å²) in [5, 5.41) is 0. The fraction of sp³-hybridized carbons (Fsp3) is 0.250. The first-order valence-electron chi connectivity index (χ1n) is 6.14. The molecule has 0 radical (unpaired) electrons. The van der Waals surface area contributed by atoms with Gasteiger partial charge in [-0.25, -0.2) is 4.39 Å². The van der Waals surface area contributed by atoms with Crippen molar-refractivity contribution >= 4 is 0 Å². The average Bonchev–Trinajstić information content (AvgIpc) is 2.32. The molecule has 0 amide bonds. The highest BCUT2D eigenvalue weighted by molar-refractivity contribution is 5.33. The Bertz CT molecular complexity index is 549. The Labute approximate surface area is 107 Å². The molecule has 2 heteroatoms. The van der Waals surface area contributed by atoms with Crippen LogP contribution in [0.15, 0.2) is 42.5 Å². The van der Waals surface area contributed by atoms with Crippen LogP contribution in [0.3, 0.4) is 0 Å². The van der Waals surface area contributed by atoms with Gasteiger partial charge in [-0.15, -0.1) is 0 Å². The first kappa shape index (κ1) is 12.8. The molecule has 0 aromatic heterocycles. The Morgan fingerprint density at radius 3 is 2.44 bits per heavy atom. The maximum Gasteiger partial charge on any atom is 0.123 e. The van der Waals surface area contributed by atoms with Gasteiger partial charge in [-0.1, -0.05) is 30.3 Å². The van der Waals surface area contributed by atoms with E-state index in [1.807, 2.05) is 19.1 Å². The van der Waals surface area contributed by atoms with Gasteiger partial charge in [0.15, 0.2) is 0 Å². The highest BCUT2D eigenvalue weighted by Crippen LogP contribution is 2.21. The van der Waals surface area contributed by atoms with Crippen LogP contribution in [-0.2, 0) is 6.42 Å². The smallest absolute Gasteiger partial charge is 0.123 e. The molecular formula is C16H18FN. The largest absolute Gasteiger partial charge is 0.324 e. The van der Waals surface area contributed by atoms with Gasteiger partial charge < -0.3 is 5.73 Å². The summed E-state index contributed by atoms with van der Waals surface area (Å²) in [6.07, 6.45) is 0.777. The van der Waals surface area contributed by atoms with Crippen LogP contribution in [-0.4, -0.2) is 0 Å². The van der Waals surface area contributed by atoms with Gasteiger partial charge in [0, 0.05) is 6.04 Å². The third kappa shape index (κ3) is 2.77. The van der Waals surface area contributed by atoms with E-state index in [4.69, 9.17) is 5.73 Å². The van der Waals surface area contributed by atoms with E-state index < -0.39 is 0 Å². The summed E-state index contributed by atoms with van der Waals surface area (Å²) < 4.78 is 13.1. The van der Waals surface area contributed by atoms with Gasteiger partial charge in [0.1, 0.15) is 5.82 Å². The minimum absolute atomic E-state index is 0.0910. The minimum atomic E-state index is -0.209. The molecule has 18 heavy (non-hydrogen) atoms. The Balaban J connectivity index is 2.22. The van der Waals surface area contributed by atoms with Crippen molar-refractivity contribution in [3.63, 3.8) is 0 Å². The van der Waals surface area contributed by atoms with E-state index in [0.717, 1.165) is 17.5 Å². The first-order valence-corrected chi connectivity index (χ1v) is 6.14. The monoisotopic (exact) mass is 243 g/mol. The Hall–Kier alpha value is -1.67. The average molecular weight is 243 g/mol. The molecule has 0 saturated heterocycles. The molecule has 0 saturated carbocycles. The second-order valence-electron chi connectivity index (χ2n) is 4.74. The molecule has 0 spiro atoms. The second kappa shape index (κ2) is 5.32. The lowest BCUT2D eigenvalue weighted by Crippen LogP contribution is -2.15. The molecule has 0 bridgehead atoms. The lowest BCUT2D eigenvalue weighted by Gasteiger charge is -2.16. The quantitative estimate of drug-likeness (QED) is 0.874. The zero-order chi connectivity index (χ0) is 13.1.